The molecule has 132 valence electrons. The minimum absolute atomic E-state index is 0.166. The van der Waals surface area contributed by atoms with Gasteiger partial charge in [0.2, 0.25) is 5.89 Å². The van der Waals surface area contributed by atoms with E-state index in [1.807, 2.05) is 34.6 Å². The largest absolute Gasteiger partial charge is 0.361 e. The quantitative estimate of drug-likeness (QED) is 0.754. The van der Waals surface area contributed by atoms with Crippen LogP contribution >= 0.6 is 0 Å². The van der Waals surface area contributed by atoms with Crippen LogP contribution in [0.5, 0.6) is 0 Å². The zero-order chi connectivity index (χ0) is 17.7. The molecule has 2 amide bonds. The topological polar surface area (TPSA) is 106 Å². The fourth-order valence-electron chi connectivity index (χ4n) is 2.47. The van der Waals surface area contributed by atoms with Crippen molar-refractivity contribution in [1.82, 2.24) is 25.9 Å². The number of rotatable bonds is 7. The van der Waals surface area contributed by atoms with Crippen molar-refractivity contribution in [3.63, 3.8) is 0 Å². The predicted molar refractivity (Wildman–Crippen MR) is 87.6 cm³/mol. The highest BCUT2D eigenvalue weighted by molar-refractivity contribution is 5.74. The highest BCUT2D eigenvalue weighted by Gasteiger charge is 2.18. The van der Waals surface area contributed by atoms with Crippen LogP contribution in [0.1, 0.15) is 67.9 Å². The predicted octanol–water partition coefficient (Wildman–Crippen LogP) is 2.79. The first-order valence-corrected chi connectivity index (χ1v) is 8.18. The number of nitrogens with zero attached hydrogens (tertiary/aromatic N) is 3. The van der Waals surface area contributed by atoms with E-state index < -0.39 is 0 Å². The molecule has 24 heavy (non-hydrogen) atoms. The second-order valence-electron chi connectivity index (χ2n) is 6.16. The lowest BCUT2D eigenvalue weighted by Gasteiger charge is -2.14. The summed E-state index contributed by atoms with van der Waals surface area (Å²) in [6, 6.07) is -0.392. The smallest absolute Gasteiger partial charge is 0.315 e. The van der Waals surface area contributed by atoms with Gasteiger partial charge in [-0.1, -0.05) is 24.2 Å². The first-order valence-electron chi connectivity index (χ1n) is 8.18. The zero-order valence-electron chi connectivity index (χ0n) is 14.8. The van der Waals surface area contributed by atoms with Gasteiger partial charge < -0.3 is 19.7 Å². The molecule has 0 aliphatic carbocycles. The molecule has 8 nitrogen and oxygen atoms in total. The molecule has 0 bridgehead atoms. The van der Waals surface area contributed by atoms with Crippen molar-refractivity contribution in [1.29, 1.82) is 0 Å². The molecule has 0 aliphatic rings. The van der Waals surface area contributed by atoms with Gasteiger partial charge in [0.05, 0.1) is 11.7 Å². The summed E-state index contributed by atoms with van der Waals surface area (Å²) in [6.07, 6.45) is 1.37. The fraction of sp³-hybridized carbons (Fsp3) is 0.625. The van der Waals surface area contributed by atoms with Crippen LogP contribution in [0.3, 0.4) is 0 Å². The molecule has 0 saturated carbocycles. The molecule has 0 aromatic carbocycles. The van der Waals surface area contributed by atoms with E-state index in [-0.39, 0.29) is 18.0 Å². The second kappa shape index (κ2) is 7.94. The first-order chi connectivity index (χ1) is 11.4. The van der Waals surface area contributed by atoms with Gasteiger partial charge in [0.25, 0.3) is 0 Å². The summed E-state index contributed by atoms with van der Waals surface area (Å²) in [5, 5.41) is 13.5. The molecule has 2 aromatic heterocycles. The number of hydrogen-bond acceptors (Lipinski definition) is 6. The lowest BCUT2D eigenvalue weighted by molar-refractivity contribution is 0.237. The van der Waals surface area contributed by atoms with Gasteiger partial charge in [-0.2, -0.15) is 4.98 Å². The molecule has 0 aliphatic heterocycles. The van der Waals surface area contributed by atoms with Crippen molar-refractivity contribution >= 4 is 6.03 Å². The summed E-state index contributed by atoms with van der Waals surface area (Å²) >= 11 is 0. The Labute approximate surface area is 141 Å². The Hall–Kier alpha value is -2.38. The number of hydrogen-bond donors (Lipinski definition) is 2. The van der Waals surface area contributed by atoms with Crippen molar-refractivity contribution < 1.29 is 13.8 Å². The normalized spacial score (nSPS) is 12.4. The highest BCUT2D eigenvalue weighted by atomic mass is 16.5. The maximum Gasteiger partial charge on any atom is 0.315 e. The van der Waals surface area contributed by atoms with E-state index >= 15 is 0 Å². The van der Waals surface area contributed by atoms with Crippen LogP contribution in [0.25, 0.3) is 0 Å². The molecule has 2 rings (SSSR count). The SMILES string of the molecule is Cc1noc(C)c1[C@H](C)NC(=O)NCCCc1nc(C(C)C)no1. The Balaban J connectivity index is 1.71. The number of aryl methyl sites for hydroxylation is 3. The summed E-state index contributed by atoms with van der Waals surface area (Å²) in [4.78, 5) is 16.3. The molecule has 0 radical (unpaired) electrons. The van der Waals surface area contributed by atoms with E-state index in [0.717, 1.165) is 23.4 Å². The van der Waals surface area contributed by atoms with Crippen LogP contribution in [-0.2, 0) is 6.42 Å². The van der Waals surface area contributed by atoms with E-state index in [9.17, 15) is 4.79 Å². The Morgan fingerprint density at radius 2 is 1.92 bits per heavy atom. The van der Waals surface area contributed by atoms with Gasteiger partial charge in [0.1, 0.15) is 5.76 Å². The van der Waals surface area contributed by atoms with Crippen LogP contribution in [0, 0.1) is 13.8 Å². The summed E-state index contributed by atoms with van der Waals surface area (Å²) in [6.45, 7) is 10.2. The van der Waals surface area contributed by atoms with Crippen molar-refractivity contribution in [2.24, 2.45) is 0 Å². The first kappa shape index (κ1) is 18.0. The molecule has 0 saturated heterocycles. The summed E-state index contributed by atoms with van der Waals surface area (Å²) in [5.41, 5.74) is 1.70. The summed E-state index contributed by atoms with van der Waals surface area (Å²) in [7, 11) is 0. The maximum absolute atomic E-state index is 12.0. The fourth-order valence-corrected chi connectivity index (χ4v) is 2.47. The number of carbonyl (C=O) groups excluding carboxylic acids is 1. The Kier molecular flexibility index (Phi) is 5.94. The minimum atomic E-state index is -0.226. The van der Waals surface area contributed by atoms with Gasteiger partial charge in [-0.15, -0.1) is 0 Å². The van der Waals surface area contributed by atoms with Gasteiger partial charge in [0.15, 0.2) is 5.82 Å². The Bertz CT molecular complexity index is 658. The van der Waals surface area contributed by atoms with E-state index in [1.165, 1.54) is 0 Å². The lowest BCUT2D eigenvalue weighted by atomic mass is 10.1. The van der Waals surface area contributed by atoms with Crippen LogP contribution < -0.4 is 10.6 Å². The molecule has 2 aromatic rings. The molecule has 0 fully saturated rings. The van der Waals surface area contributed by atoms with Gasteiger partial charge in [-0.3, -0.25) is 0 Å². The van der Waals surface area contributed by atoms with Crippen LogP contribution in [0.15, 0.2) is 9.05 Å². The van der Waals surface area contributed by atoms with Crippen LogP contribution in [0.2, 0.25) is 0 Å². The van der Waals surface area contributed by atoms with Gasteiger partial charge in [-0.25, -0.2) is 4.79 Å². The van der Waals surface area contributed by atoms with Crippen molar-refractivity contribution in [2.45, 2.75) is 59.4 Å². The van der Waals surface area contributed by atoms with Crippen LogP contribution in [-0.4, -0.2) is 27.9 Å². The lowest BCUT2D eigenvalue weighted by Crippen LogP contribution is -2.37. The third-order valence-corrected chi connectivity index (χ3v) is 3.72. The molecular weight excluding hydrogens is 310 g/mol. The average molecular weight is 335 g/mol. The van der Waals surface area contributed by atoms with E-state index in [2.05, 4.69) is 25.9 Å². The van der Waals surface area contributed by atoms with Crippen LogP contribution in [0.4, 0.5) is 4.79 Å². The number of nitrogens with one attached hydrogen (secondary N) is 2. The van der Waals surface area contributed by atoms with E-state index in [1.54, 1.807) is 0 Å². The molecular formula is C16H25N5O3. The standard InChI is InChI=1S/C16H25N5O3/c1-9(2)15-19-13(24-21-15)7-6-8-17-16(22)18-10(3)14-11(4)20-23-12(14)5/h9-10H,6-8H2,1-5H3,(H2,17,18,22)/t10-/m0/s1. The molecule has 2 heterocycles. The third-order valence-electron chi connectivity index (χ3n) is 3.72. The number of carbonyl (C=O) groups is 1. The molecule has 2 N–H and O–H groups in total. The Morgan fingerprint density at radius 3 is 2.50 bits per heavy atom. The zero-order valence-corrected chi connectivity index (χ0v) is 14.8. The molecule has 0 unspecified atom stereocenters. The summed E-state index contributed by atoms with van der Waals surface area (Å²) in [5.74, 6) is 2.28. The van der Waals surface area contributed by atoms with Crippen molar-refractivity contribution in [3.8, 4) is 0 Å². The molecule has 1 atom stereocenters. The van der Waals surface area contributed by atoms with E-state index in [0.29, 0.717) is 24.7 Å². The summed E-state index contributed by atoms with van der Waals surface area (Å²) < 4.78 is 10.3. The minimum Gasteiger partial charge on any atom is -0.361 e. The number of amides is 2. The van der Waals surface area contributed by atoms with Gasteiger partial charge in [-0.05, 0) is 27.2 Å². The maximum atomic E-state index is 12.0. The number of urea groups is 1. The molecule has 8 heteroatoms. The molecule has 0 spiro atoms. The monoisotopic (exact) mass is 335 g/mol. The average Bonchev–Trinajstić information content (AvgIpc) is 3.10. The highest BCUT2D eigenvalue weighted by Crippen LogP contribution is 2.20. The number of aromatic nitrogens is 3. The van der Waals surface area contributed by atoms with Crippen molar-refractivity contribution in [3.05, 3.63) is 28.7 Å². The van der Waals surface area contributed by atoms with E-state index in [4.69, 9.17) is 9.05 Å². The Morgan fingerprint density at radius 1 is 1.17 bits per heavy atom. The van der Waals surface area contributed by atoms with Gasteiger partial charge in [0, 0.05) is 24.4 Å². The second-order valence-corrected chi connectivity index (χ2v) is 6.16. The van der Waals surface area contributed by atoms with Crippen molar-refractivity contribution in [2.75, 3.05) is 6.54 Å². The third kappa shape index (κ3) is 4.56. The van der Waals surface area contributed by atoms with Gasteiger partial charge >= 0.3 is 6.03 Å².